The maximum atomic E-state index is 11.7. The van der Waals surface area contributed by atoms with Crippen molar-refractivity contribution in [1.82, 2.24) is 5.32 Å². The van der Waals surface area contributed by atoms with Crippen LogP contribution in [0.1, 0.15) is 26.2 Å². The molecule has 0 saturated carbocycles. The molecule has 12 heteroatoms. The third kappa shape index (κ3) is 25.7. The molecule has 0 bridgehead atoms. The lowest BCUT2D eigenvalue weighted by Crippen LogP contribution is -2.28. The average Bonchev–Trinajstić information content (AvgIpc) is 2.86. The number of nitrogens with one attached hydrogen (secondary N) is 1. The van der Waals surface area contributed by atoms with Crippen molar-refractivity contribution in [2.24, 2.45) is 5.92 Å². The third-order valence-corrected chi connectivity index (χ3v) is 4.79. The topological polar surface area (TPSA) is 140 Å². The Bertz CT molecular complexity index is 497. The quantitative estimate of drug-likeness (QED) is 0.134. The Balaban J connectivity index is 3.18. The van der Waals surface area contributed by atoms with Crippen LogP contribution in [0.2, 0.25) is 0 Å². The molecular formula is C24H47NO11. The summed E-state index contributed by atoms with van der Waals surface area (Å²) < 4.78 is 42.6. The van der Waals surface area contributed by atoms with Gasteiger partial charge in [-0.2, -0.15) is 0 Å². The Morgan fingerprint density at radius 2 is 1.00 bits per heavy atom. The van der Waals surface area contributed by atoms with E-state index in [9.17, 15) is 9.59 Å². The largest absolute Gasteiger partial charge is 0.481 e. The van der Waals surface area contributed by atoms with Crippen molar-refractivity contribution < 1.29 is 52.6 Å². The second-order valence-electron chi connectivity index (χ2n) is 7.61. The van der Waals surface area contributed by atoms with Crippen molar-refractivity contribution in [3.63, 3.8) is 0 Å². The van der Waals surface area contributed by atoms with Gasteiger partial charge < -0.3 is 48.3 Å². The molecular weight excluding hydrogens is 478 g/mol. The van der Waals surface area contributed by atoms with Crippen LogP contribution in [0.25, 0.3) is 0 Å². The van der Waals surface area contributed by atoms with Crippen LogP contribution < -0.4 is 5.32 Å². The maximum Gasteiger partial charge on any atom is 0.306 e. The summed E-state index contributed by atoms with van der Waals surface area (Å²) in [5, 5.41) is 11.7. The number of aliphatic carboxylic acids is 1. The van der Waals surface area contributed by atoms with Gasteiger partial charge in [0.25, 0.3) is 0 Å². The molecule has 0 rings (SSSR count). The van der Waals surface area contributed by atoms with E-state index in [4.69, 9.17) is 43.0 Å². The van der Waals surface area contributed by atoms with Gasteiger partial charge in [-0.1, -0.05) is 6.92 Å². The summed E-state index contributed by atoms with van der Waals surface area (Å²) in [4.78, 5) is 22.6. The molecule has 12 nitrogen and oxygen atoms in total. The molecule has 0 heterocycles. The minimum atomic E-state index is -0.858. The third-order valence-electron chi connectivity index (χ3n) is 4.79. The first-order valence-corrected chi connectivity index (χ1v) is 12.6. The highest BCUT2D eigenvalue weighted by molar-refractivity contribution is 5.77. The molecule has 0 radical (unpaired) electrons. The number of hydrogen-bond acceptors (Lipinski definition) is 10. The number of methoxy groups -OCH3 is 1. The molecule has 214 valence electrons. The van der Waals surface area contributed by atoms with E-state index in [1.165, 1.54) is 0 Å². The van der Waals surface area contributed by atoms with E-state index >= 15 is 0 Å². The second kappa shape index (κ2) is 28.2. The van der Waals surface area contributed by atoms with Crippen LogP contribution in [0.3, 0.4) is 0 Å². The van der Waals surface area contributed by atoms with Gasteiger partial charge in [0.15, 0.2) is 0 Å². The molecule has 1 atom stereocenters. The van der Waals surface area contributed by atoms with E-state index < -0.39 is 11.9 Å². The standard InChI is InChI=1S/C24H47NO11/c1-3-22(24(27)28)4-5-23(26)25-6-7-30-10-11-32-14-15-34-18-19-36-21-20-35-17-16-33-13-12-31-9-8-29-2/h22H,3-21H2,1-2H3,(H,25,26)(H,27,28). The van der Waals surface area contributed by atoms with E-state index in [1.807, 2.05) is 0 Å². The van der Waals surface area contributed by atoms with Crippen molar-refractivity contribution in [2.75, 3.05) is 113 Å². The van der Waals surface area contributed by atoms with Crippen LogP contribution in [0.15, 0.2) is 0 Å². The van der Waals surface area contributed by atoms with Gasteiger partial charge in [-0.25, -0.2) is 0 Å². The lowest BCUT2D eigenvalue weighted by molar-refractivity contribution is -0.142. The minimum Gasteiger partial charge on any atom is -0.481 e. The molecule has 0 aromatic heterocycles. The molecule has 36 heavy (non-hydrogen) atoms. The molecule has 0 aromatic rings. The molecule has 1 unspecified atom stereocenters. The number of rotatable bonds is 29. The normalized spacial score (nSPS) is 12.1. The summed E-state index contributed by atoms with van der Waals surface area (Å²) in [5.74, 6) is -1.49. The van der Waals surface area contributed by atoms with Crippen molar-refractivity contribution in [1.29, 1.82) is 0 Å². The second-order valence-corrected chi connectivity index (χ2v) is 7.61. The Morgan fingerprint density at radius 3 is 1.33 bits per heavy atom. The predicted octanol–water partition coefficient (Wildman–Crippen LogP) is 0.756. The molecule has 0 fully saturated rings. The van der Waals surface area contributed by atoms with Crippen LogP contribution in [-0.4, -0.2) is 130 Å². The van der Waals surface area contributed by atoms with Gasteiger partial charge in [-0.15, -0.1) is 0 Å². The number of carboxylic acids is 1. The smallest absolute Gasteiger partial charge is 0.306 e. The predicted molar refractivity (Wildman–Crippen MR) is 131 cm³/mol. The van der Waals surface area contributed by atoms with Gasteiger partial charge in [0.05, 0.1) is 105 Å². The summed E-state index contributed by atoms with van der Waals surface area (Å²) in [7, 11) is 1.64. The highest BCUT2D eigenvalue weighted by Crippen LogP contribution is 2.10. The average molecular weight is 526 g/mol. The summed E-state index contributed by atoms with van der Waals surface area (Å²) in [6.07, 6.45) is 1.07. The first kappa shape index (κ1) is 34.6. The number of carbonyl (C=O) groups excluding carboxylic acids is 1. The molecule has 0 saturated heterocycles. The summed E-state index contributed by atoms with van der Waals surface area (Å²) in [5.41, 5.74) is 0. The molecule has 0 aliphatic rings. The molecule has 1 amide bonds. The fraction of sp³-hybridized carbons (Fsp3) is 0.917. The van der Waals surface area contributed by atoms with E-state index in [2.05, 4.69) is 5.32 Å². The van der Waals surface area contributed by atoms with Crippen LogP contribution in [-0.2, 0) is 47.5 Å². The highest BCUT2D eigenvalue weighted by atomic mass is 16.6. The van der Waals surface area contributed by atoms with Crippen molar-refractivity contribution in [3.8, 4) is 0 Å². The molecule has 0 aliphatic carbocycles. The van der Waals surface area contributed by atoms with Gasteiger partial charge in [-0.05, 0) is 12.8 Å². The highest BCUT2D eigenvalue weighted by Gasteiger charge is 2.16. The zero-order valence-electron chi connectivity index (χ0n) is 22.0. The van der Waals surface area contributed by atoms with E-state index in [1.54, 1.807) is 14.0 Å². The van der Waals surface area contributed by atoms with Gasteiger partial charge in [0, 0.05) is 20.1 Å². The number of carbonyl (C=O) groups is 2. The van der Waals surface area contributed by atoms with E-state index in [-0.39, 0.29) is 12.3 Å². The zero-order chi connectivity index (χ0) is 26.5. The van der Waals surface area contributed by atoms with Gasteiger partial charge in [-0.3, -0.25) is 9.59 Å². The van der Waals surface area contributed by atoms with Crippen LogP contribution in [0, 0.1) is 5.92 Å². The fourth-order valence-electron chi connectivity index (χ4n) is 2.72. The van der Waals surface area contributed by atoms with Crippen molar-refractivity contribution in [3.05, 3.63) is 0 Å². The fourth-order valence-corrected chi connectivity index (χ4v) is 2.72. The SMILES string of the molecule is CCC(CCC(=O)NCCOCCOCCOCCOCCOCCOCCOCCOC)C(=O)O. The van der Waals surface area contributed by atoms with Gasteiger partial charge in [0.2, 0.25) is 5.91 Å². The van der Waals surface area contributed by atoms with E-state index in [0.717, 1.165) is 0 Å². The first-order valence-electron chi connectivity index (χ1n) is 12.6. The minimum absolute atomic E-state index is 0.163. The van der Waals surface area contributed by atoms with Crippen molar-refractivity contribution >= 4 is 11.9 Å². The lowest BCUT2D eigenvalue weighted by atomic mass is 10.0. The molecule has 0 aromatic carbocycles. The maximum absolute atomic E-state index is 11.7. The van der Waals surface area contributed by atoms with E-state index in [0.29, 0.717) is 118 Å². The van der Waals surface area contributed by atoms with Crippen molar-refractivity contribution in [2.45, 2.75) is 26.2 Å². The Labute approximate surface area is 215 Å². The Morgan fingerprint density at radius 1 is 0.639 bits per heavy atom. The molecule has 0 aliphatic heterocycles. The Kier molecular flexibility index (Phi) is 27.1. The van der Waals surface area contributed by atoms with Gasteiger partial charge in [0.1, 0.15) is 0 Å². The molecule has 0 spiro atoms. The number of ether oxygens (including phenoxy) is 8. The van der Waals surface area contributed by atoms with Crippen LogP contribution in [0.5, 0.6) is 0 Å². The van der Waals surface area contributed by atoms with Gasteiger partial charge >= 0.3 is 5.97 Å². The summed E-state index contributed by atoms with van der Waals surface area (Å²) >= 11 is 0. The number of hydrogen-bond donors (Lipinski definition) is 2. The lowest BCUT2D eigenvalue weighted by Gasteiger charge is -2.10. The number of amides is 1. The van der Waals surface area contributed by atoms with Crippen LogP contribution in [0.4, 0.5) is 0 Å². The first-order chi connectivity index (χ1) is 17.6. The monoisotopic (exact) mass is 525 g/mol. The summed E-state index contributed by atoms with van der Waals surface area (Å²) in [6, 6.07) is 0. The zero-order valence-corrected chi connectivity index (χ0v) is 22.0. The van der Waals surface area contributed by atoms with Crippen LogP contribution >= 0.6 is 0 Å². The summed E-state index contributed by atoms with van der Waals surface area (Å²) in [6.45, 7) is 9.61. The number of carboxylic acid groups (broad SMARTS) is 1. The Hall–Kier alpha value is -1.38. The molecule has 2 N–H and O–H groups in total.